The number of nitro benzene ring substituents is 1. The van der Waals surface area contributed by atoms with E-state index in [-0.39, 0.29) is 28.4 Å². The summed E-state index contributed by atoms with van der Waals surface area (Å²) >= 11 is 3.16. The van der Waals surface area contributed by atoms with Gasteiger partial charge in [-0.2, -0.15) is 5.26 Å². The van der Waals surface area contributed by atoms with E-state index in [0.29, 0.717) is 16.6 Å². The van der Waals surface area contributed by atoms with Gasteiger partial charge in [0.2, 0.25) is 0 Å². The second-order valence-corrected chi connectivity index (χ2v) is 6.63. The van der Waals surface area contributed by atoms with Crippen molar-refractivity contribution < 1.29 is 24.0 Å². The van der Waals surface area contributed by atoms with Gasteiger partial charge in [0.25, 0.3) is 11.6 Å². The fraction of sp³-hybridized carbons (Fsp3) is 0.150. The van der Waals surface area contributed by atoms with Gasteiger partial charge in [0.1, 0.15) is 11.6 Å². The van der Waals surface area contributed by atoms with Crippen molar-refractivity contribution in [1.29, 1.82) is 5.26 Å². The van der Waals surface area contributed by atoms with Crippen LogP contribution in [0.5, 0.6) is 11.5 Å². The molecule has 1 amide bonds. The highest BCUT2D eigenvalue weighted by molar-refractivity contribution is 9.10. The monoisotopic (exact) mass is 473 g/mol. The number of carbonyl (C=O) groups excluding carboxylic acids is 2. The Labute approximate surface area is 180 Å². The molecule has 0 unspecified atom stereocenters. The lowest BCUT2D eigenvalue weighted by Crippen LogP contribution is -2.14. The number of nitrogens with zero attached hydrogens (tertiary/aromatic N) is 2. The fourth-order valence-corrected chi connectivity index (χ4v) is 2.81. The number of hydrogen-bond acceptors (Lipinski definition) is 7. The van der Waals surface area contributed by atoms with Gasteiger partial charge in [-0.3, -0.25) is 19.7 Å². The number of amides is 1. The average molecular weight is 474 g/mol. The normalized spacial score (nSPS) is 10.7. The van der Waals surface area contributed by atoms with E-state index >= 15 is 0 Å². The number of nitro groups is 1. The number of halogens is 1. The van der Waals surface area contributed by atoms with E-state index in [1.165, 1.54) is 43.3 Å². The van der Waals surface area contributed by atoms with Crippen molar-refractivity contribution in [2.45, 2.75) is 13.8 Å². The molecule has 0 aliphatic heterocycles. The Kier molecular flexibility index (Phi) is 7.66. The summed E-state index contributed by atoms with van der Waals surface area (Å²) in [6, 6.07) is 10.2. The lowest BCUT2D eigenvalue weighted by molar-refractivity contribution is -0.384. The molecule has 0 saturated heterocycles. The third-order valence-electron chi connectivity index (χ3n) is 3.61. The second-order valence-electron chi connectivity index (χ2n) is 5.78. The molecule has 0 aliphatic rings. The molecule has 2 aromatic rings. The highest BCUT2D eigenvalue weighted by Gasteiger charge is 2.15. The minimum Gasteiger partial charge on any atom is -0.490 e. The van der Waals surface area contributed by atoms with Crippen LogP contribution in [0, 0.1) is 21.4 Å². The van der Waals surface area contributed by atoms with Gasteiger partial charge in [-0.05, 0) is 52.7 Å². The smallest absolute Gasteiger partial charge is 0.308 e. The van der Waals surface area contributed by atoms with E-state index in [9.17, 15) is 25.0 Å². The zero-order valence-corrected chi connectivity index (χ0v) is 17.6. The van der Waals surface area contributed by atoms with E-state index in [4.69, 9.17) is 9.47 Å². The molecule has 0 spiro atoms. The first-order valence-electron chi connectivity index (χ1n) is 8.57. The first-order valence-corrected chi connectivity index (χ1v) is 9.36. The third-order valence-corrected chi connectivity index (χ3v) is 4.27. The van der Waals surface area contributed by atoms with Crippen molar-refractivity contribution in [3.8, 4) is 17.6 Å². The summed E-state index contributed by atoms with van der Waals surface area (Å²) in [4.78, 5) is 33.9. The maximum atomic E-state index is 12.5. The average Bonchev–Trinajstić information content (AvgIpc) is 2.69. The van der Waals surface area contributed by atoms with Crippen LogP contribution in [0.15, 0.2) is 46.4 Å². The van der Waals surface area contributed by atoms with Crippen molar-refractivity contribution in [2.75, 3.05) is 11.9 Å². The Morgan fingerprint density at radius 1 is 1.27 bits per heavy atom. The molecule has 154 valence electrons. The largest absolute Gasteiger partial charge is 0.490 e. The van der Waals surface area contributed by atoms with Crippen LogP contribution in [0.2, 0.25) is 0 Å². The third kappa shape index (κ3) is 5.89. The fourth-order valence-electron chi connectivity index (χ4n) is 2.35. The minimum absolute atomic E-state index is 0.146. The lowest BCUT2D eigenvalue weighted by atomic mass is 10.1. The van der Waals surface area contributed by atoms with Crippen LogP contribution in [-0.2, 0) is 9.59 Å². The minimum atomic E-state index is -0.700. The number of carbonyl (C=O) groups is 2. The highest BCUT2D eigenvalue weighted by Crippen LogP contribution is 2.30. The van der Waals surface area contributed by atoms with Gasteiger partial charge in [0, 0.05) is 23.5 Å². The van der Waals surface area contributed by atoms with Crippen LogP contribution in [0.3, 0.4) is 0 Å². The first-order chi connectivity index (χ1) is 14.2. The van der Waals surface area contributed by atoms with Crippen LogP contribution in [-0.4, -0.2) is 23.4 Å². The number of hydrogen-bond donors (Lipinski definition) is 1. The van der Waals surface area contributed by atoms with Gasteiger partial charge in [-0.25, -0.2) is 0 Å². The highest BCUT2D eigenvalue weighted by atomic mass is 79.9. The zero-order valence-electron chi connectivity index (χ0n) is 16.0. The van der Waals surface area contributed by atoms with Crippen LogP contribution in [0.4, 0.5) is 11.4 Å². The molecule has 0 aliphatic carbocycles. The summed E-state index contributed by atoms with van der Waals surface area (Å²) in [5, 5.41) is 22.7. The van der Waals surface area contributed by atoms with Crippen molar-refractivity contribution in [2.24, 2.45) is 0 Å². The zero-order chi connectivity index (χ0) is 22.3. The summed E-state index contributed by atoms with van der Waals surface area (Å²) in [5.41, 5.74) is 0.394. The molecule has 0 atom stereocenters. The summed E-state index contributed by atoms with van der Waals surface area (Å²) in [6.45, 7) is 3.34. The van der Waals surface area contributed by atoms with Crippen LogP contribution >= 0.6 is 15.9 Å². The quantitative estimate of drug-likeness (QED) is 0.159. The Bertz CT molecular complexity index is 1070. The number of ether oxygens (including phenoxy) is 2. The number of non-ortho nitro benzene ring substituents is 1. The lowest BCUT2D eigenvalue weighted by Gasteiger charge is -2.10. The Morgan fingerprint density at radius 3 is 2.57 bits per heavy atom. The molecule has 0 fully saturated rings. The summed E-state index contributed by atoms with van der Waals surface area (Å²) in [5.74, 6) is -0.699. The SMILES string of the molecule is CCOc1cc(/C=C(\C#N)C(=O)Nc2ccc([N+](=O)[O-])cc2Br)ccc1OC(C)=O. The Hall–Kier alpha value is -3.71. The van der Waals surface area contributed by atoms with Crippen molar-refractivity contribution in [3.05, 3.63) is 62.1 Å². The first kappa shape index (κ1) is 22.6. The van der Waals surface area contributed by atoms with Gasteiger partial charge >= 0.3 is 5.97 Å². The summed E-state index contributed by atoms with van der Waals surface area (Å²) in [7, 11) is 0. The van der Waals surface area contributed by atoms with Crippen LogP contribution < -0.4 is 14.8 Å². The van der Waals surface area contributed by atoms with E-state index in [1.54, 1.807) is 13.0 Å². The molecule has 0 bridgehead atoms. The molecule has 1 N–H and O–H groups in total. The van der Waals surface area contributed by atoms with Gasteiger partial charge in [-0.15, -0.1) is 0 Å². The summed E-state index contributed by atoms with van der Waals surface area (Å²) in [6.07, 6.45) is 1.34. The maximum Gasteiger partial charge on any atom is 0.308 e. The molecule has 0 heterocycles. The molecule has 0 radical (unpaired) electrons. The molecule has 30 heavy (non-hydrogen) atoms. The van der Waals surface area contributed by atoms with Crippen molar-refractivity contribution in [3.63, 3.8) is 0 Å². The van der Waals surface area contributed by atoms with Gasteiger partial charge in [0.05, 0.1) is 17.2 Å². The van der Waals surface area contributed by atoms with Crippen LogP contribution in [0.1, 0.15) is 19.4 Å². The van der Waals surface area contributed by atoms with E-state index in [1.807, 2.05) is 6.07 Å². The number of benzene rings is 2. The molecule has 2 rings (SSSR count). The predicted octanol–water partition coefficient (Wildman–Crippen LogP) is 4.23. The van der Waals surface area contributed by atoms with Crippen LogP contribution in [0.25, 0.3) is 6.08 Å². The second kappa shape index (κ2) is 10.2. The van der Waals surface area contributed by atoms with Gasteiger partial charge in [-0.1, -0.05) is 6.07 Å². The van der Waals surface area contributed by atoms with E-state index in [0.717, 1.165) is 0 Å². The number of nitrogens with one attached hydrogen (secondary N) is 1. The Balaban J connectivity index is 2.29. The molecule has 2 aromatic carbocycles. The number of anilines is 1. The standard InChI is InChI=1S/C20H16BrN3O6/c1-3-29-19-9-13(4-7-18(19)30-12(2)25)8-14(11-22)20(26)23-17-6-5-15(24(27)28)10-16(17)21/h4-10H,3H2,1-2H3,(H,23,26)/b14-8+. The molecule has 0 saturated carbocycles. The molecule has 10 heteroatoms. The van der Waals surface area contributed by atoms with Crippen molar-refractivity contribution in [1.82, 2.24) is 0 Å². The molecular formula is C20H16BrN3O6. The molecular weight excluding hydrogens is 458 g/mol. The topological polar surface area (TPSA) is 132 Å². The number of nitriles is 1. The molecule has 0 aromatic heterocycles. The number of esters is 1. The molecule has 9 nitrogen and oxygen atoms in total. The Morgan fingerprint density at radius 2 is 2.00 bits per heavy atom. The predicted molar refractivity (Wildman–Crippen MR) is 112 cm³/mol. The van der Waals surface area contributed by atoms with E-state index < -0.39 is 16.8 Å². The number of rotatable bonds is 7. The van der Waals surface area contributed by atoms with Gasteiger partial charge < -0.3 is 14.8 Å². The maximum absolute atomic E-state index is 12.5. The van der Waals surface area contributed by atoms with Gasteiger partial charge in [0.15, 0.2) is 11.5 Å². The van der Waals surface area contributed by atoms with Crippen molar-refractivity contribution >= 4 is 45.3 Å². The summed E-state index contributed by atoms with van der Waals surface area (Å²) < 4.78 is 10.8. The van der Waals surface area contributed by atoms with E-state index in [2.05, 4.69) is 21.2 Å².